The Bertz CT molecular complexity index is 198. The zero-order valence-corrected chi connectivity index (χ0v) is 12.3. The van der Waals surface area contributed by atoms with E-state index < -0.39 is 0 Å². The summed E-state index contributed by atoms with van der Waals surface area (Å²) in [4.78, 5) is 0. The lowest BCUT2D eigenvalue weighted by atomic mass is 10.0. The minimum Gasteiger partial charge on any atom is -0.369 e. The van der Waals surface area contributed by atoms with Crippen molar-refractivity contribution in [3.8, 4) is 0 Å². The van der Waals surface area contributed by atoms with E-state index in [2.05, 4.69) is 24.4 Å². The molecule has 0 aromatic carbocycles. The molecule has 0 saturated carbocycles. The topological polar surface area (TPSA) is 76.4 Å². The number of unbranched alkanes of at least 4 members (excludes halogenated alkanes) is 7. The van der Waals surface area contributed by atoms with Gasteiger partial charge in [0.25, 0.3) is 0 Å². The number of nitrogens with two attached hydrogens (primary N) is 2. The molecule has 0 aliphatic rings. The van der Waals surface area contributed by atoms with Gasteiger partial charge in [0.15, 0.2) is 0 Å². The summed E-state index contributed by atoms with van der Waals surface area (Å²) in [5.41, 5.74) is 13.2. The molecule has 0 radical (unpaired) electrons. The van der Waals surface area contributed by atoms with Crippen LogP contribution in [0.5, 0.6) is 0 Å². The minimum atomic E-state index is 0.108. The summed E-state index contributed by atoms with van der Waals surface area (Å²) >= 11 is 0. The van der Waals surface area contributed by atoms with E-state index in [-0.39, 0.29) is 5.96 Å². The maximum absolute atomic E-state index is 5.20. The highest BCUT2D eigenvalue weighted by molar-refractivity contribution is 5.75. The standard InChI is InChI=1S/C14H32N4/c1-13(2)11-9-7-5-3-4-6-8-10-12-17-18-14(15)16/h13,17H,3-12H2,1-2H3,(H4,15,16,18). The van der Waals surface area contributed by atoms with Gasteiger partial charge in [0, 0.05) is 6.54 Å². The summed E-state index contributed by atoms with van der Waals surface area (Å²) in [6, 6.07) is 0. The number of hydrogen-bond acceptors (Lipinski definition) is 2. The second-order valence-electron chi connectivity index (χ2n) is 5.46. The van der Waals surface area contributed by atoms with Crippen LogP contribution in [0.4, 0.5) is 0 Å². The third-order valence-corrected chi connectivity index (χ3v) is 3.03. The molecule has 0 aliphatic carbocycles. The van der Waals surface area contributed by atoms with Crippen LogP contribution in [0.2, 0.25) is 0 Å². The Labute approximate surface area is 113 Å². The largest absolute Gasteiger partial charge is 0.369 e. The van der Waals surface area contributed by atoms with Crippen LogP contribution in [0.15, 0.2) is 5.10 Å². The van der Waals surface area contributed by atoms with Gasteiger partial charge < -0.3 is 16.9 Å². The van der Waals surface area contributed by atoms with Gasteiger partial charge in [-0.1, -0.05) is 65.2 Å². The molecule has 4 heteroatoms. The molecule has 0 amide bonds. The summed E-state index contributed by atoms with van der Waals surface area (Å²) in [7, 11) is 0. The number of rotatable bonds is 12. The Morgan fingerprint density at radius 2 is 1.39 bits per heavy atom. The number of nitrogens with one attached hydrogen (secondary N) is 1. The molecule has 0 aromatic rings. The highest BCUT2D eigenvalue weighted by atomic mass is 15.3. The molecule has 5 N–H and O–H groups in total. The lowest BCUT2D eigenvalue weighted by Crippen LogP contribution is -2.26. The van der Waals surface area contributed by atoms with E-state index in [0.717, 1.165) is 18.9 Å². The maximum Gasteiger partial charge on any atom is 0.208 e. The molecule has 0 spiro atoms. The second-order valence-corrected chi connectivity index (χ2v) is 5.46. The van der Waals surface area contributed by atoms with Crippen LogP contribution in [0.3, 0.4) is 0 Å². The molecular weight excluding hydrogens is 224 g/mol. The Hall–Kier alpha value is -0.930. The second kappa shape index (κ2) is 12.5. The quantitative estimate of drug-likeness (QED) is 0.217. The average molecular weight is 256 g/mol. The molecule has 0 aromatic heterocycles. The van der Waals surface area contributed by atoms with E-state index in [4.69, 9.17) is 11.5 Å². The molecular formula is C14H32N4. The average Bonchev–Trinajstić information content (AvgIpc) is 2.29. The van der Waals surface area contributed by atoms with Crippen molar-refractivity contribution in [3.63, 3.8) is 0 Å². The Morgan fingerprint density at radius 1 is 0.889 bits per heavy atom. The first-order chi connectivity index (χ1) is 8.63. The van der Waals surface area contributed by atoms with Crippen molar-refractivity contribution in [1.29, 1.82) is 0 Å². The smallest absolute Gasteiger partial charge is 0.208 e. The molecule has 0 heterocycles. The van der Waals surface area contributed by atoms with Crippen molar-refractivity contribution in [1.82, 2.24) is 5.43 Å². The van der Waals surface area contributed by atoms with Crippen molar-refractivity contribution in [3.05, 3.63) is 0 Å². The fourth-order valence-electron chi connectivity index (χ4n) is 1.96. The van der Waals surface area contributed by atoms with E-state index in [1.165, 1.54) is 51.4 Å². The van der Waals surface area contributed by atoms with Crippen molar-refractivity contribution in [2.75, 3.05) is 6.54 Å². The van der Waals surface area contributed by atoms with Crippen molar-refractivity contribution in [2.45, 2.75) is 71.6 Å². The SMILES string of the molecule is CC(C)CCCCCCCCCCNN=C(N)N. The lowest BCUT2D eigenvalue weighted by molar-refractivity contribution is 0.505. The minimum absolute atomic E-state index is 0.108. The Balaban J connectivity index is 3.01. The summed E-state index contributed by atoms with van der Waals surface area (Å²) in [6.45, 7) is 5.47. The lowest BCUT2D eigenvalue weighted by Gasteiger charge is -2.04. The zero-order valence-electron chi connectivity index (χ0n) is 12.3. The highest BCUT2D eigenvalue weighted by Crippen LogP contribution is 2.12. The van der Waals surface area contributed by atoms with Crippen LogP contribution < -0.4 is 16.9 Å². The van der Waals surface area contributed by atoms with Crippen LogP contribution in [0.25, 0.3) is 0 Å². The van der Waals surface area contributed by atoms with Crippen LogP contribution in [-0.4, -0.2) is 12.5 Å². The Kier molecular flexibility index (Phi) is 11.9. The Morgan fingerprint density at radius 3 is 1.89 bits per heavy atom. The van der Waals surface area contributed by atoms with Gasteiger partial charge in [-0.15, -0.1) is 5.10 Å². The number of guanidine groups is 1. The van der Waals surface area contributed by atoms with Crippen LogP contribution >= 0.6 is 0 Å². The molecule has 4 nitrogen and oxygen atoms in total. The van der Waals surface area contributed by atoms with Gasteiger partial charge in [0.05, 0.1) is 0 Å². The van der Waals surface area contributed by atoms with Crippen molar-refractivity contribution >= 4 is 5.96 Å². The summed E-state index contributed by atoms with van der Waals surface area (Å²) in [6.07, 6.45) is 12.1. The molecule has 0 saturated heterocycles. The fraction of sp³-hybridized carbons (Fsp3) is 0.929. The first-order valence-electron chi connectivity index (χ1n) is 7.44. The predicted octanol–water partition coefficient (Wildman–Crippen LogP) is 2.93. The van der Waals surface area contributed by atoms with Gasteiger partial charge in [-0.3, -0.25) is 0 Å². The molecule has 0 atom stereocenters. The van der Waals surface area contributed by atoms with E-state index in [1.807, 2.05) is 0 Å². The van der Waals surface area contributed by atoms with Gasteiger partial charge in [0.2, 0.25) is 5.96 Å². The molecule has 0 rings (SSSR count). The van der Waals surface area contributed by atoms with E-state index >= 15 is 0 Å². The van der Waals surface area contributed by atoms with Crippen LogP contribution in [0, 0.1) is 5.92 Å². The van der Waals surface area contributed by atoms with E-state index in [9.17, 15) is 0 Å². The summed E-state index contributed by atoms with van der Waals surface area (Å²) in [5, 5.41) is 3.73. The van der Waals surface area contributed by atoms with Crippen molar-refractivity contribution < 1.29 is 0 Å². The van der Waals surface area contributed by atoms with Gasteiger partial charge in [-0.25, -0.2) is 0 Å². The zero-order chi connectivity index (χ0) is 13.6. The van der Waals surface area contributed by atoms with Crippen molar-refractivity contribution in [2.24, 2.45) is 22.5 Å². The van der Waals surface area contributed by atoms with Crippen LogP contribution in [-0.2, 0) is 0 Å². The summed E-state index contributed by atoms with van der Waals surface area (Å²) in [5.74, 6) is 0.971. The van der Waals surface area contributed by atoms with E-state index in [1.54, 1.807) is 0 Å². The normalized spacial score (nSPS) is 10.6. The highest BCUT2D eigenvalue weighted by Gasteiger charge is 1.95. The third kappa shape index (κ3) is 15.1. The van der Waals surface area contributed by atoms with Crippen LogP contribution in [0.1, 0.15) is 71.6 Å². The fourth-order valence-corrected chi connectivity index (χ4v) is 1.96. The predicted molar refractivity (Wildman–Crippen MR) is 80.2 cm³/mol. The number of hydrogen-bond donors (Lipinski definition) is 3. The van der Waals surface area contributed by atoms with Gasteiger partial charge in [-0.05, 0) is 12.3 Å². The molecule has 18 heavy (non-hydrogen) atoms. The molecule has 0 fully saturated rings. The van der Waals surface area contributed by atoms with Gasteiger partial charge in [-0.2, -0.15) is 0 Å². The van der Waals surface area contributed by atoms with Gasteiger partial charge >= 0.3 is 0 Å². The molecule has 0 unspecified atom stereocenters. The monoisotopic (exact) mass is 256 g/mol. The number of hydrazone groups is 1. The van der Waals surface area contributed by atoms with Gasteiger partial charge in [0.1, 0.15) is 0 Å². The maximum atomic E-state index is 5.20. The third-order valence-electron chi connectivity index (χ3n) is 3.03. The number of nitrogens with zero attached hydrogens (tertiary/aromatic N) is 1. The first kappa shape index (κ1) is 17.1. The molecule has 0 bridgehead atoms. The first-order valence-corrected chi connectivity index (χ1v) is 7.44. The molecule has 0 aliphatic heterocycles. The molecule has 108 valence electrons. The summed E-state index contributed by atoms with van der Waals surface area (Å²) < 4.78 is 0. The van der Waals surface area contributed by atoms with E-state index in [0.29, 0.717) is 0 Å².